The Morgan fingerprint density at radius 1 is 1.62 bits per heavy atom. The minimum atomic E-state index is -0.967. The maximum Gasteiger partial charge on any atom is 0.352 e. The Hall–Kier alpha value is -1.33. The minimum absolute atomic E-state index is 0.209. The van der Waals surface area contributed by atoms with Gasteiger partial charge in [0.05, 0.1) is 16.2 Å². The molecule has 84 valence electrons. The molecule has 0 aliphatic heterocycles. The van der Waals surface area contributed by atoms with Crippen LogP contribution >= 0.6 is 22.9 Å². The number of nitrogens with zero attached hydrogens (tertiary/aromatic N) is 2. The van der Waals surface area contributed by atoms with Gasteiger partial charge < -0.3 is 9.67 Å². The highest BCUT2D eigenvalue weighted by atomic mass is 35.5. The van der Waals surface area contributed by atoms with Crippen molar-refractivity contribution in [1.29, 1.82) is 0 Å². The molecule has 0 aliphatic carbocycles. The highest BCUT2D eigenvalue weighted by Crippen LogP contribution is 2.15. The van der Waals surface area contributed by atoms with Crippen molar-refractivity contribution in [3.05, 3.63) is 39.6 Å². The lowest BCUT2D eigenvalue weighted by molar-refractivity contribution is 0.0685. The Kier molecular flexibility index (Phi) is 3.26. The molecule has 0 aromatic carbocycles. The zero-order valence-electron chi connectivity index (χ0n) is 8.26. The quantitative estimate of drug-likeness (QED) is 0.915. The van der Waals surface area contributed by atoms with Crippen LogP contribution in [0.2, 0.25) is 5.02 Å². The van der Waals surface area contributed by atoms with E-state index in [1.54, 1.807) is 16.3 Å². The average molecular weight is 257 g/mol. The molecule has 0 bridgehead atoms. The second kappa shape index (κ2) is 4.67. The summed E-state index contributed by atoms with van der Waals surface area (Å²) in [4.78, 5) is 15.0. The van der Waals surface area contributed by atoms with Gasteiger partial charge in [0.15, 0.2) is 0 Å². The number of rotatable bonds is 4. The summed E-state index contributed by atoms with van der Waals surface area (Å²) < 4.78 is 1.63. The van der Waals surface area contributed by atoms with Crippen molar-refractivity contribution in [2.24, 2.45) is 0 Å². The summed E-state index contributed by atoms with van der Waals surface area (Å²) in [7, 11) is 0. The van der Waals surface area contributed by atoms with Gasteiger partial charge in [-0.25, -0.2) is 9.78 Å². The second-order valence-corrected chi connectivity index (χ2v) is 4.43. The first-order chi connectivity index (χ1) is 7.66. The Bertz CT molecular complexity index is 493. The maximum atomic E-state index is 10.9. The standard InChI is InChI=1S/C10H9ClN2O2S/c11-7-3-9(10(14)15)13(4-7)2-1-8-5-16-6-12-8/h3-6H,1-2H2,(H,14,15). The molecule has 2 aromatic rings. The number of carboxylic acids is 1. The molecule has 0 atom stereocenters. The number of thiazole rings is 1. The van der Waals surface area contributed by atoms with E-state index in [9.17, 15) is 4.79 Å². The molecule has 1 N–H and O–H groups in total. The summed E-state index contributed by atoms with van der Waals surface area (Å²) in [5.41, 5.74) is 2.93. The maximum absolute atomic E-state index is 10.9. The Balaban J connectivity index is 2.12. The third-order valence-corrected chi connectivity index (χ3v) is 3.02. The van der Waals surface area contributed by atoms with E-state index in [1.165, 1.54) is 17.4 Å². The lowest BCUT2D eigenvalue weighted by Crippen LogP contribution is -2.09. The van der Waals surface area contributed by atoms with E-state index < -0.39 is 5.97 Å². The third kappa shape index (κ3) is 2.43. The van der Waals surface area contributed by atoms with Crippen molar-refractivity contribution in [3.63, 3.8) is 0 Å². The highest BCUT2D eigenvalue weighted by Gasteiger charge is 2.11. The van der Waals surface area contributed by atoms with Crippen LogP contribution in [0.3, 0.4) is 0 Å². The van der Waals surface area contributed by atoms with Crippen molar-refractivity contribution in [1.82, 2.24) is 9.55 Å². The largest absolute Gasteiger partial charge is 0.477 e. The number of halogens is 1. The van der Waals surface area contributed by atoms with Crippen molar-refractivity contribution in [2.45, 2.75) is 13.0 Å². The van der Waals surface area contributed by atoms with Crippen molar-refractivity contribution in [2.75, 3.05) is 0 Å². The summed E-state index contributed by atoms with van der Waals surface area (Å²) in [6.45, 7) is 0.568. The van der Waals surface area contributed by atoms with Crippen molar-refractivity contribution >= 4 is 28.9 Å². The molecule has 2 rings (SSSR count). The Labute approximate surface area is 101 Å². The molecule has 0 radical (unpaired) electrons. The molecule has 2 heterocycles. The van der Waals surface area contributed by atoms with E-state index >= 15 is 0 Å². The summed E-state index contributed by atoms with van der Waals surface area (Å²) in [6.07, 6.45) is 2.33. The lowest BCUT2D eigenvalue weighted by atomic mass is 10.3. The first-order valence-corrected chi connectivity index (χ1v) is 5.95. The van der Waals surface area contributed by atoms with E-state index in [0.717, 1.165) is 5.69 Å². The third-order valence-electron chi connectivity index (χ3n) is 2.17. The molecule has 0 spiro atoms. The van der Waals surface area contributed by atoms with Crippen LogP contribution in [-0.4, -0.2) is 20.6 Å². The van der Waals surface area contributed by atoms with Crippen LogP contribution in [0.4, 0.5) is 0 Å². The highest BCUT2D eigenvalue weighted by molar-refractivity contribution is 7.07. The molecule has 16 heavy (non-hydrogen) atoms. The molecule has 0 amide bonds. The van der Waals surface area contributed by atoms with Crippen molar-refractivity contribution in [3.8, 4) is 0 Å². The molecule has 4 nitrogen and oxygen atoms in total. The SMILES string of the molecule is O=C(O)c1cc(Cl)cn1CCc1cscn1. The monoisotopic (exact) mass is 256 g/mol. The molecule has 6 heteroatoms. The predicted molar refractivity (Wildman–Crippen MR) is 62.2 cm³/mol. The molecule has 0 saturated heterocycles. The van der Waals surface area contributed by atoms with Crippen LogP contribution in [-0.2, 0) is 13.0 Å². The van der Waals surface area contributed by atoms with Gasteiger partial charge in [-0.15, -0.1) is 11.3 Å². The van der Waals surface area contributed by atoms with Crippen LogP contribution in [0.1, 0.15) is 16.2 Å². The zero-order chi connectivity index (χ0) is 11.5. The topological polar surface area (TPSA) is 55.1 Å². The first kappa shape index (κ1) is 11.2. The van der Waals surface area contributed by atoms with Crippen LogP contribution in [0, 0.1) is 0 Å². The average Bonchev–Trinajstić information content (AvgIpc) is 2.83. The van der Waals surface area contributed by atoms with E-state index in [-0.39, 0.29) is 5.69 Å². The van der Waals surface area contributed by atoms with Gasteiger partial charge in [0.1, 0.15) is 5.69 Å². The van der Waals surface area contributed by atoms with Crippen LogP contribution < -0.4 is 0 Å². The molecule has 0 unspecified atom stereocenters. The lowest BCUT2D eigenvalue weighted by Gasteiger charge is -2.03. The van der Waals surface area contributed by atoms with Gasteiger partial charge in [-0.1, -0.05) is 11.6 Å². The van der Waals surface area contributed by atoms with Gasteiger partial charge in [0.25, 0.3) is 0 Å². The van der Waals surface area contributed by atoms with Gasteiger partial charge in [-0.2, -0.15) is 0 Å². The summed E-state index contributed by atoms with van der Waals surface area (Å²) in [5, 5.41) is 11.3. The smallest absolute Gasteiger partial charge is 0.352 e. The normalized spacial score (nSPS) is 10.6. The number of aryl methyl sites for hydroxylation is 2. The summed E-state index contributed by atoms with van der Waals surface area (Å²) in [5.74, 6) is -0.967. The van der Waals surface area contributed by atoms with E-state index in [0.29, 0.717) is 18.0 Å². The second-order valence-electron chi connectivity index (χ2n) is 3.27. The van der Waals surface area contributed by atoms with Crippen LogP contribution in [0.15, 0.2) is 23.2 Å². The van der Waals surface area contributed by atoms with Gasteiger partial charge in [0, 0.05) is 24.5 Å². The first-order valence-electron chi connectivity index (χ1n) is 4.63. The molecule has 0 aliphatic rings. The van der Waals surface area contributed by atoms with Gasteiger partial charge in [0.2, 0.25) is 0 Å². The number of carbonyl (C=O) groups is 1. The van der Waals surface area contributed by atoms with E-state index in [2.05, 4.69) is 4.98 Å². The molecular weight excluding hydrogens is 248 g/mol. The fraction of sp³-hybridized carbons (Fsp3) is 0.200. The fourth-order valence-electron chi connectivity index (χ4n) is 1.43. The molecular formula is C10H9ClN2O2S. The number of aromatic nitrogens is 2. The summed E-state index contributed by atoms with van der Waals surface area (Å²) >= 11 is 7.30. The Morgan fingerprint density at radius 2 is 2.44 bits per heavy atom. The minimum Gasteiger partial charge on any atom is -0.477 e. The molecule has 0 fully saturated rings. The zero-order valence-corrected chi connectivity index (χ0v) is 9.83. The van der Waals surface area contributed by atoms with Crippen LogP contribution in [0.25, 0.3) is 0 Å². The number of carboxylic acid groups (broad SMARTS) is 1. The summed E-state index contributed by atoms with van der Waals surface area (Å²) in [6, 6.07) is 1.45. The number of hydrogen-bond acceptors (Lipinski definition) is 3. The predicted octanol–water partition coefficient (Wildman–Crippen LogP) is 2.54. The fourth-order valence-corrected chi connectivity index (χ4v) is 2.25. The molecule has 2 aromatic heterocycles. The van der Waals surface area contributed by atoms with Crippen molar-refractivity contribution < 1.29 is 9.90 Å². The van der Waals surface area contributed by atoms with Gasteiger partial charge in [-0.05, 0) is 6.07 Å². The van der Waals surface area contributed by atoms with Gasteiger partial charge >= 0.3 is 5.97 Å². The van der Waals surface area contributed by atoms with E-state index in [4.69, 9.17) is 16.7 Å². The molecule has 0 saturated carbocycles. The van der Waals surface area contributed by atoms with E-state index in [1.807, 2.05) is 5.38 Å². The van der Waals surface area contributed by atoms with Crippen LogP contribution in [0.5, 0.6) is 0 Å². The Morgan fingerprint density at radius 3 is 3.06 bits per heavy atom. The van der Waals surface area contributed by atoms with Gasteiger partial charge in [-0.3, -0.25) is 0 Å². The number of aromatic carboxylic acids is 1. The number of hydrogen-bond donors (Lipinski definition) is 1.